The Bertz CT molecular complexity index is 764. The van der Waals surface area contributed by atoms with Gasteiger partial charge < -0.3 is 10.6 Å². The van der Waals surface area contributed by atoms with Crippen LogP contribution in [-0.4, -0.2) is 33.0 Å². The van der Waals surface area contributed by atoms with Gasteiger partial charge in [-0.3, -0.25) is 19.7 Å². The highest BCUT2D eigenvalue weighted by molar-refractivity contribution is 5.89. The van der Waals surface area contributed by atoms with Crippen LogP contribution < -0.4 is 10.6 Å². The quantitative estimate of drug-likeness (QED) is 0.749. The number of anilines is 1. The Morgan fingerprint density at radius 2 is 2.12 bits per heavy atom. The first-order chi connectivity index (χ1) is 12.0. The third kappa shape index (κ3) is 4.65. The Morgan fingerprint density at radius 3 is 2.84 bits per heavy atom. The minimum Gasteiger partial charge on any atom is -0.354 e. The lowest BCUT2D eigenvalue weighted by molar-refractivity contribution is -0.120. The average molecular weight is 341 g/mol. The van der Waals surface area contributed by atoms with Crippen LogP contribution in [0.3, 0.4) is 0 Å². The van der Waals surface area contributed by atoms with Crippen LogP contribution in [0.25, 0.3) is 0 Å². The summed E-state index contributed by atoms with van der Waals surface area (Å²) < 4.78 is 0. The number of aromatic nitrogens is 3. The van der Waals surface area contributed by atoms with Gasteiger partial charge in [-0.05, 0) is 38.3 Å². The molecule has 2 aromatic rings. The molecule has 25 heavy (non-hydrogen) atoms. The second-order valence-electron chi connectivity index (χ2n) is 6.59. The van der Waals surface area contributed by atoms with Crippen molar-refractivity contribution >= 4 is 17.6 Å². The lowest BCUT2D eigenvalue weighted by Gasteiger charge is -2.34. The van der Waals surface area contributed by atoms with Crippen LogP contribution >= 0.6 is 0 Å². The Balaban J connectivity index is 1.45. The van der Waals surface area contributed by atoms with Gasteiger partial charge in [0.15, 0.2) is 0 Å². The fraction of sp³-hybridized carbons (Fsp3) is 0.444. The molecule has 132 valence electrons. The summed E-state index contributed by atoms with van der Waals surface area (Å²) in [5, 5.41) is 12.9. The van der Waals surface area contributed by atoms with Crippen molar-refractivity contribution in [1.82, 2.24) is 20.5 Å². The summed E-state index contributed by atoms with van der Waals surface area (Å²) in [5.41, 5.74) is 2.80. The SMILES string of the molecule is CC(=O)N[C@H]1C[C@@H](c2cc(NC(=O)CCc3cccc(C)n3)[nH]n2)C1. The standard InChI is InChI=1S/C18H23N5O2/c1-11-4-3-5-14(19-11)6-7-18(25)21-17-10-16(22-23-17)13-8-15(9-13)20-12(2)24/h3-5,10,13,15H,6-9H2,1-2H3,(H,20,24)(H2,21,22,23,25)/t13-,15+. The van der Waals surface area contributed by atoms with E-state index in [0.717, 1.165) is 29.9 Å². The summed E-state index contributed by atoms with van der Waals surface area (Å²) in [6.07, 6.45) is 2.75. The molecule has 2 heterocycles. The van der Waals surface area contributed by atoms with E-state index in [4.69, 9.17) is 0 Å². The van der Waals surface area contributed by atoms with Gasteiger partial charge in [0.1, 0.15) is 5.82 Å². The van der Waals surface area contributed by atoms with E-state index < -0.39 is 0 Å². The molecule has 0 saturated heterocycles. The maximum Gasteiger partial charge on any atom is 0.225 e. The van der Waals surface area contributed by atoms with Crippen molar-refractivity contribution in [2.75, 3.05) is 5.32 Å². The summed E-state index contributed by atoms with van der Waals surface area (Å²) in [6.45, 7) is 3.47. The van der Waals surface area contributed by atoms with Gasteiger partial charge in [0.05, 0.1) is 5.69 Å². The number of hydrogen-bond donors (Lipinski definition) is 3. The van der Waals surface area contributed by atoms with E-state index in [9.17, 15) is 9.59 Å². The number of carbonyl (C=O) groups excluding carboxylic acids is 2. The predicted octanol–water partition coefficient (Wildman–Crippen LogP) is 2.07. The number of amides is 2. The van der Waals surface area contributed by atoms with Crippen LogP contribution in [0.4, 0.5) is 5.82 Å². The van der Waals surface area contributed by atoms with E-state index in [0.29, 0.717) is 24.6 Å². The third-order valence-electron chi connectivity index (χ3n) is 4.39. The van der Waals surface area contributed by atoms with Crippen LogP contribution in [0.2, 0.25) is 0 Å². The number of carbonyl (C=O) groups is 2. The van der Waals surface area contributed by atoms with E-state index in [1.54, 1.807) is 0 Å². The number of hydrogen-bond acceptors (Lipinski definition) is 4. The molecule has 2 amide bonds. The Morgan fingerprint density at radius 1 is 1.32 bits per heavy atom. The first kappa shape index (κ1) is 17.1. The van der Waals surface area contributed by atoms with Gasteiger partial charge in [0.25, 0.3) is 0 Å². The molecular formula is C18H23N5O2. The zero-order valence-electron chi connectivity index (χ0n) is 14.5. The van der Waals surface area contributed by atoms with E-state index in [1.165, 1.54) is 6.92 Å². The molecule has 1 saturated carbocycles. The van der Waals surface area contributed by atoms with Gasteiger partial charge in [-0.1, -0.05) is 6.07 Å². The largest absolute Gasteiger partial charge is 0.354 e. The monoisotopic (exact) mass is 341 g/mol. The van der Waals surface area contributed by atoms with E-state index in [2.05, 4.69) is 25.8 Å². The molecule has 1 aliphatic rings. The van der Waals surface area contributed by atoms with Gasteiger partial charge in [0.2, 0.25) is 11.8 Å². The van der Waals surface area contributed by atoms with Gasteiger partial charge in [-0.2, -0.15) is 5.10 Å². The van der Waals surface area contributed by atoms with Gasteiger partial charge in [0, 0.05) is 42.8 Å². The fourth-order valence-electron chi connectivity index (χ4n) is 3.07. The van der Waals surface area contributed by atoms with Crippen molar-refractivity contribution < 1.29 is 9.59 Å². The number of H-pyrrole nitrogens is 1. The minimum absolute atomic E-state index is 0.00142. The molecule has 1 aliphatic carbocycles. The number of pyridine rings is 1. The molecule has 3 N–H and O–H groups in total. The number of rotatable bonds is 6. The van der Waals surface area contributed by atoms with Crippen LogP contribution in [0.1, 0.15) is 49.2 Å². The molecular weight excluding hydrogens is 318 g/mol. The second kappa shape index (κ2) is 7.46. The van der Waals surface area contributed by atoms with Crippen molar-refractivity contribution in [3.8, 4) is 0 Å². The molecule has 0 aromatic carbocycles. The maximum absolute atomic E-state index is 12.1. The number of aromatic amines is 1. The first-order valence-corrected chi connectivity index (χ1v) is 8.54. The number of nitrogens with one attached hydrogen (secondary N) is 3. The summed E-state index contributed by atoms with van der Waals surface area (Å²) in [4.78, 5) is 27.5. The predicted molar refractivity (Wildman–Crippen MR) is 94.1 cm³/mol. The lowest BCUT2D eigenvalue weighted by Crippen LogP contribution is -2.42. The molecule has 0 aliphatic heterocycles. The van der Waals surface area contributed by atoms with Crippen LogP contribution in [0, 0.1) is 6.92 Å². The van der Waals surface area contributed by atoms with Crippen LogP contribution in [0.15, 0.2) is 24.3 Å². The Kier molecular flexibility index (Phi) is 5.11. The summed E-state index contributed by atoms with van der Waals surface area (Å²) in [7, 11) is 0. The van der Waals surface area contributed by atoms with E-state index >= 15 is 0 Å². The number of aryl methyl sites for hydroxylation is 2. The highest BCUT2D eigenvalue weighted by Gasteiger charge is 2.32. The second-order valence-corrected chi connectivity index (χ2v) is 6.59. The Labute approximate surface area is 146 Å². The van der Waals surface area contributed by atoms with Crippen LogP contribution in [-0.2, 0) is 16.0 Å². The fourth-order valence-corrected chi connectivity index (χ4v) is 3.07. The summed E-state index contributed by atoms with van der Waals surface area (Å²) >= 11 is 0. The first-order valence-electron chi connectivity index (χ1n) is 8.54. The van der Waals surface area contributed by atoms with E-state index in [1.807, 2.05) is 31.2 Å². The van der Waals surface area contributed by atoms with Crippen LogP contribution in [0.5, 0.6) is 0 Å². The minimum atomic E-state index is -0.0664. The highest BCUT2D eigenvalue weighted by atomic mass is 16.2. The zero-order valence-corrected chi connectivity index (χ0v) is 14.5. The smallest absolute Gasteiger partial charge is 0.225 e. The van der Waals surface area contributed by atoms with Gasteiger partial charge >= 0.3 is 0 Å². The molecule has 0 bridgehead atoms. The molecule has 2 aromatic heterocycles. The summed E-state index contributed by atoms with van der Waals surface area (Å²) in [6, 6.07) is 7.92. The number of nitrogens with zero attached hydrogens (tertiary/aromatic N) is 2. The van der Waals surface area contributed by atoms with Crippen molar-refractivity contribution in [3.63, 3.8) is 0 Å². The molecule has 0 atom stereocenters. The molecule has 7 nitrogen and oxygen atoms in total. The summed E-state index contributed by atoms with van der Waals surface area (Å²) in [5.74, 6) is 0.875. The average Bonchev–Trinajstić information content (AvgIpc) is 2.96. The van der Waals surface area contributed by atoms with E-state index in [-0.39, 0.29) is 17.9 Å². The van der Waals surface area contributed by atoms with Crippen molar-refractivity contribution in [2.45, 2.75) is 51.5 Å². The third-order valence-corrected chi connectivity index (χ3v) is 4.39. The van der Waals surface area contributed by atoms with Crippen molar-refractivity contribution in [3.05, 3.63) is 41.3 Å². The zero-order chi connectivity index (χ0) is 17.8. The molecule has 1 fully saturated rings. The molecule has 0 unspecified atom stereocenters. The molecule has 3 rings (SSSR count). The van der Waals surface area contributed by atoms with Gasteiger partial charge in [-0.25, -0.2) is 0 Å². The molecule has 0 radical (unpaired) electrons. The highest BCUT2D eigenvalue weighted by Crippen LogP contribution is 2.36. The van der Waals surface area contributed by atoms with Gasteiger partial charge in [-0.15, -0.1) is 0 Å². The topological polar surface area (TPSA) is 99.8 Å². The molecule has 7 heteroatoms. The normalized spacial score (nSPS) is 19.1. The maximum atomic E-state index is 12.1. The van der Waals surface area contributed by atoms with Crippen molar-refractivity contribution in [2.24, 2.45) is 0 Å². The lowest BCUT2D eigenvalue weighted by atomic mass is 9.78. The Hall–Kier alpha value is -2.70. The molecule has 0 spiro atoms. The van der Waals surface area contributed by atoms with Crippen molar-refractivity contribution in [1.29, 1.82) is 0 Å².